The molecule has 4 unspecified atom stereocenters. The maximum absolute atomic E-state index is 2.19. The first-order valence-corrected chi connectivity index (χ1v) is 6.76. The van der Waals surface area contributed by atoms with Crippen LogP contribution < -0.4 is 0 Å². The van der Waals surface area contributed by atoms with Crippen LogP contribution >= 0.6 is 23.5 Å². The Labute approximate surface area is 76.9 Å². The second-order valence-corrected chi connectivity index (χ2v) is 6.62. The molecule has 0 bridgehead atoms. The smallest absolute Gasteiger partial charge is 0.0167 e. The molecule has 0 aromatic rings. The van der Waals surface area contributed by atoms with Crippen molar-refractivity contribution in [2.24, 2.45) is 11.8 Å². The molecule has 0 nitrogen and oxygen atoms in total. The van der Waals surface area contributed by atoms with Gasteiger partial charge in [0.05, 0.1) is 0 Å². The van der Waals surface area contributed by atoms with Crippen molar-refractivity contribution in [3.8, 4) is 0 Å². The summed E-state index contributed by atoms with van der Waals surface area (Å²) in [6, 6.07) is 0. The molecule has 11 heavy (non-hydrogen) atoms. The van der Waals surface area contributed by atoms with E-state index in [-0.39, 0.29) is 0 Å². The first-order chi connectivity index (χ1) is 5.43. The third-order valence-corrected chi connectivity index (χ3v) is 5.49. The van der Waals surface area contributed by atoms with Crippen molar-refractivity contribution in [3.05, 3.63) is 0 Å². The molecule has 2 saturated heterocycles. The second kappa shape index (κ2) is 2.59. The summed E-state index contributed by atoms with van der Waals surface area (Å²) in [6.45, 7) is 0. The minimum Gasteiger partial charge on any atom is -0.156 e. The number of hydrogen-bond donors (Lipinski definition) is 0. The van der Waals surface area contributed by atoms with E-state index < -0.39 is 0 Å². The van der Waals surface area contributed by atoms with Crippen LogP contribution in [0, 0.1) is 11.8 Å². The summed E-state index contributed by atoms with van der Waals surface area (Å²) in [6.07, 6.45) is 4.69. The molecular formula is C9H14S2. The standard InChI is InChI=1S/C9H14S2/c1-2-7(9-5-11-9)3-6(1)8-4-10-8/h6-9H,1-5H2. The van der Waals surface area contributed by atoms with Crippen LogP contribution in [0.1, 0.15) is 19.3 Å². The van der Waals surface area contributed by atoms with E-state index in [2.05, 4.69) is 23.5 Å². The van der Waals surface area contributed by atoms with Gasteiger partial charge in [0.1, 0.15) is 0 Å². The molecule has 0 amide bonds. The molecule has 62 valence electrons. The molecule has 2 aliphatic heterocycles. The van der Waals surface area contributed by atoms with Crippen LogP contribution in [0.5, 0.6) is 0 Å². The van der Waals surface area contributed by atoms with Crippen molar-refractivity contribution in [1.29, 1.82) is 0 Å². The molecule has 3 aliphatic rings. The molecule has 0 N–H and O–H groups in total. The summed E-state index contributed by atoms with van der Waals surface area (Å²) in [5.41, 5.74) is 0. The largest absolute Gasteiger partial charge is 0.156 e. The van der Waals surface area contributed by atoms with Crippen molar-refractivity contribution >= 4 is 23.5 Å². The molecule has 2 heterocycles. The average Bonchev–Trinajstić information content (AvgIpc) is 2.90. The van der Waals surface area contributed by atoms with E-state index >= 15 is 0 Å². The Morgan fingerprint density at radius 2 is 1.27 bits per heavy atom. The van der Waals surface area contributed by atoms with Gasteiger partial charge in [-0.1, -0.05) is 0 Å². The van der Waals surface area contributed by atoms with Gasteiger partial charge in [-0.2, -0.15) is 23.5 Å². The summed E-state index contributed by atoms with van der Waals surface area (Å²) >= 11 is 4.39. The summed E-state index contributed by atoms with van der Waals surface area (Å²) in [5.74, 6) is 5.22. The van der Waals surface area contributed by atoms with Gasteiger partial charge in [-0.05, 0) is 31.1 Å². The van der Waals surface area contributed by atoms with Crippen molar-refractivity contribution < 1.29 is 0 Å². The summed E-state index contributed by atoms with van der Waals surface area (Å²) < 4.78 is 0. The second-order valence-electron chi connectivity index (χ2n) is 4.08. The lowest BCUT2D eigenvalue weighted by atomic mass is 10.0. The van der Waals surface area contributed by atoms with Gasteiger partial charge < -0.3 is 0 Å². The van der Waals surface area contributed by atoms with E-state index in [1.54, 1.807) is 19.3 Å². The Morgan fingerprint density at radius 1 is 0.818 bits per heavy atom. The minimum absolute atomic E-state index is 1.10. The number of hydrogen-bond acceptors (Lipinski definition) is 2. The first kappa shape index (κ1) is 7.14. The van der Waals surface area contributed by atoms with Crippen LogP contribution in [0.25, 0.3) is 0 Å². The Balaban J connectivity index is 1.58. The molecule has 2 heteroatoms. The fourth-order valence-electron chi connectivity index (χ4n) is 2.38. The monoisotopic (exact) mass is 186 g/mol. The van der Waals surface area contributed by atoms with Crippen LogP contribution in [0.3, 0.4) is 0 Å². The van der Waals surface area contributed by atoms with E-state index in [1.165, 1.54) is 11.5 Å². The lowest BCUT2D eigenvalue weighted by molar-refractivity contribution is 0.514. The molecule has 0 radical (unpaired) electrons. The van der Waals surface area contributed by atoms with Gasteiger partial charge in [-0.3, -0.25) is 0 Å². The predicted molar refractivity (Wildman–Crippen MR) is 53.3 cm³/mol. The van der Waals surface area contributed by atoms with Gasteiger partial charge in [0.2, 0.25) is 0 Å². The van der Waals surface area contributed by atoms with Gasteiger partial charge in [0.25, 0.3) is 0 Å². The fraction of sp³-hybridized carbons (Fsp3) is 1.00. The summed E-state index contributed by atoms with van der Waals surface area (Å²) in [5, 5.41) is 2.20. The average molecular weight is 186 g/mol. The highest BCUT2D eigenvalue weighted by Gasteiger charge is 2.42. The maximum atomic E-state index is 2.19. The van der Waals surface area contributed by atoms with Gasteiger partial charge in [0.15, 0.2) is 0 Å². The van der Waals surface area contributed by atoms with E-state index in [0.29, 0.717) is 0 Å². The highest BCUT2D eigenvalue weighted by Crippen LogP contribution is 2.51. The Hall–Kier alpha value is 0.700. The van der Waals surface area contributed by atoms with Gasteiger partial charge in [-0.25, -0.2) is 0 Å². The van der Waals surface area contributed by atoms with E-state index in [0.717, 1.165) is 22.3 Å². The molecule has 0 spiro atoms. The van der Waals surface area contributed by atoms with Crippen LogP contribution in [0.2, 0.25) is 0 Å². The Bertz CT molecular complexity index is 143. The van der Waals surface area contributed by atoms with E-state index in [1.807, 2.05) is 0 Å². The summed E-state index contributed by atoms with van der Waals surface area (Å²) in [4.78, 5) is 0. The van der Waals surface area contributed by atoms with Crippen molar-refractivity contribution in [2.75, 3.05) is 11.5 Å². The molecular weight excluding hydrogens is 172 g/mol. The van der Waals surface area contributed by atoms with Crippen molar-refractivity contribution in [3.63, 3.8) is 0 Å². The fourth-order valence-corrected chi connectivity index (χ4v) is 4.19. The third kappa shape index (κ3) is 1.44. The normalized spacial score (nSPS) is 54.5. The topological polar surface area (TPSA) is 0 Å². The van der Waals surface area contributed by atoms with E-state index in [4.69, 9.17) is 0 Å². The van der Waals surface area contributed by atoms with Gasteiger partial charge in [-0.15, -0.1) is 0 Å². The highest BCUT2D eigenvalue weighted by molar-refractivity contribution is 8.07. The Kier molecular flexibility index (Phi) is 1.68. The van der Waals surface area contributed by atoms with Crippen LogP contribution in [-0.2, 0) is 0 Å². The molecule has 3 fully saturated rings. The van der Waals surface area contributed by atoms with Gasteiger partial charge >= 0.3 is 0 Å². The maximum Gasteiger partial charge on any atom is 0.0167 e. The number of thioether (sulfide) groups is 2. The van der Waals surface area contributed by atoms with Crippen LogP contribution in [-0.4, -0.2) is 22.0 Å². The van der Waals surface area contributed by atoms with Gasteiger partial charge in [0, 0.05) is 22.0 Å². The minimum atomic E-state index is 1.10. The quantitative estimate of drug-likeness (QED) is 0.608. The third-order valence-electron chi connectivity index (χ3n) is 3.28. The van der Waals surface area contributed by atoms with Crippen LogP contribution in [0.4, 0.5) is 0 Å². The molecule has 0 aromatic carbocycles. The Morgan fingerprint density at radius 3 is 1.64 bits per heavy atom. The molecule has 4 atom stereocenters. The molecule has 3 rings (SSSR count). The highest BCUT2D eigenvalue weighted by atomic mass is 32.2. The first-order valence-electron chi connectivity index (χ1n) is 4.66. The number of rotatable bonds is 2. The van der Waals surface area contributed by atoms with Crippen LogP contribution in [0.15, 0.2) is 0 Å². The zero-order chi connectivity index (χ0) is 7.26. The SMILES string of the molecule is C1CC(C2CS2)CC1C1CS1. The molecule has 0 aromatic heterocycles. The lowest BCUT2D eigenvalue weighted by Gasteiger charge is -2.06. The van der Waals surface area contributed by atoms with E-state index in [9.17, 15) is 0 Å². The predicted octanol–water partition coefficient (Wildman–Crippen LogP) is 2.63. The summed E-state index contributed by atoms with van der Waals surface area (Å²) in [7, 11) is 0. The van der Waals surface area contributed by atoms with Crippen molar-refractivity contribution in [2.45, 2.75) is 29.8 Å². The zero-order valence-electron chi connectivity index (χ0n) is 6.66. The molecule has 1 aliphatic carbocycles. The van der Waals surface area contributed by atoms with Crippen molar-refractivity contribution in [1.82, 2.24) is 0 Å². The lowest BCUT2D eigenvalue weighted by Crippen LogP contribution is -2.05. The molecule has 1 saturated carbocycles. The zero-order valence-corrected chi connectivity index (χ0v) is 8.29.